The highest BCUT2D eigenvalue weighted by Gasteiger charge is 2.30. The Morgan fingerprint density at radius 3 is 2.90 bits per heavy atom. The third-order valence-electron chi connectivity index (χ3n) is 3.73. The van der Waals surface area contributed by atoms with Crippen LogP contribution in [0.1, 0.15) is 44.7 Å². The summed E-state index contributed by atoms with van der Waals surface area (Å²) in [6.45, 7) is 5.76. The molecule has 0 saturated carbocycles. The van der Waals surface area contributed by atoms with Crippen LogP contribution in [0.25, 0.3) is 0 Å². The van der Waals surface area contributed by atoms with Crippen molar-refractivity contribution in [1.29, 1.82) is 0 Å². The summed E-state index contributed by atoms with van der Waals surface area (Å²) in [6, 6.07) is 8.42. The Kier molecular flexibility index (Phi) is 5.44. The largest absolute Gasteiger partial charge is 0.336 e. The van der Waals surface area contributed by atoms with Crippen LogP contribution in [0.5, 0.6) is 0 Å². The van der Waals surface area contributed by atoms with Crippen LogP contribution >= 0.6 is 11.6 Å². The molecule has 1 amide bonds. The molecule has 110 valence electrons. The van der Waals surface area contributed by atoms with Gasteiger partial charge in [-0.15, -0.1) is 0 Å². The van der Waals surface area contributed by atoms with Gasteiger partial charge in [-0.05, 0) is 24.5 Å². The number of halogens is 1. The van der Waals surface area contributed by atoms with Gasteiger partial charge in [-0.3, -0.25) is 4.79 Å². The lowest BCUT2D eigenvalue weighted by atomic mass is 10.0. The zero-order valence-corrected chi connectivity index (χ0v) is 13.0. The number of hydrogen-bond acceptors (Lipinski definition) is 2. The molecular weight excluding hydrogens is 272 g/mol. The number of amides is 1. The van der Waals surface area contributed by atoms with Gasteiger partial charge >= 0.3 is 0 Å². The van der Waals surface area contributed by atoms with Crippen LogP contribution in [-0.4, -0.2) is 29.9 Å². The third-order valence-corrected chi connectivity index (χ3v) is 4.07. The molecule has 2 rings (SSSR count). The summed E-state index contributed by atoms with van der Waals surface area (Å²) in [5, 5.41) is 4.05. The Balaban J connectivity index is 2.00. The number of hydrogen-bond donors (Lipinski definition) is 1. The van der Waals surface area contributed by atoms with E-state index in [2.05, 4.69) is 19.2 Å². The molecule has 0 spiro atoms. The third kappa shape index (κ3) is 3.74. The van der Waals surface area contributed by atoms with Gasteiger partial charge in [-0.1, -0.05) is 43.6 Å². The molecule has 1 aliphatic heterocycles. The first-order chi connectivity index (χ1) is 9.59. The van der Waals surface area contributed by atoms with Crippen molar-refractivity contribution in [3.8, 4) is 0 Å². The number of carbonyl (C=O) groups excluding carboxylic acids is 1. The smallest absolute Gasteiger partial charge is 0.224 e. The van der Waals surface area contributed by atoms with E-state index < -0.39 is 0 Å². The summed E-state index contributed by atoms with van der Waals surface area (Å²) in [5.74, 6) is 0.223. The van der Waals surface area contributed by atoms with Gasteiger partial charge in [-0.2, -0.15) is 0 Å². The van der Waals surface area contributed by atoms with E-state index in [1.807, 2.05) is 29.2 Å². The van der Waals surface area contributed by atoms with Gasteiger partial charge in [0.05, 0.1) is 6.04 Å². The maximum atomic E-state index is 12.4. The fraction of sp³-hybridized carbons (Fsp3) is 0.562. The van der Waals surface area contributed by atoms with Crippen molar-refractivity contribution in [2.75, 3.05) is 13.1 Å². The van der Waals surface area contributed by atoms with E-state index in [0.29, 0.717) is 12.5 Å². The number of nitrogens with one attached hydrogen (secondary N) is 1. The monoisotopic (exact) mass is 294 g/mol. The van der Waals surface area contributed by atoms with Gasteiger partial charge in [0.2, 0.25) is 5.91 Å². The molecule has 1 unspecified atom stereocenters. The molecule has 1 fully saturated rings. The van der Waals surface area contributed by atoms with E-state index in [9.17, 15) is 4.79 Å². The number of benzene rings is 1. The minimum atomic E-state index is 0.148. The molecule has 1 saturated heterocycles. The Morgan fingerprint density at radius 2 is 2.20 bits per heavy atom. The Labute approximate surface area is 126 Å². The van der Waals surface area contributed by atoms with E-state index in [0.717, 1.165) is 36.5 Å². The quantitative estimate of drug-likeness (QED) is 0.903. The topological polar surface area (TPSA) is 32.3 Å². The van der Waals surface area contributed by atoms with Gasteiger partial charge in [-0.25, -0.2) is 0 Å². The predicted molar refractivity (Wildman–Crippen MR) is 82.9 cm³/mol. The Hall–Kier alpha value is -1.06. The van der Waals surface area contributed by atoms with Crippen molar-refractivity contribution in [2.45, 2.75) is 45.2 Å². The molecule has 0 aromatic heterocycles. The molecule has 1 aromatic rings. The van der Waals surface area contributed by atoms with Crippen LogP contribution in [0.2, 0.25) is 5.02 Å². The van der Waals surface area contributed by atoms with Crippen LogP contribution in [0.3, 0.4) is 0 Å². The van der Waals surface area contributed by atoms with Crippen molar-refractivity contribution < 1.29 is 4.79 Å². The van der Waals surface area contributed by atoms with Crippen LogP contribution in [-0.2, 0) is 4.79 Å². The lowest BCUT2D eigenvalue weighted by molar-refractivity contribution is -0.132. The maximum Gasteiger partial charge on any atom is 0.224 e. The molecule has 4 heteroatoms. The SMILES string of the molecule is CC(C)NCCC(=O)N1CCCC1c1ccccc1Cl. The van der Waals surface area contributed by atoms with Crippen LogP contribution in [0, 0.1) is 0 Å². The van der Waals surface area contributed by atoms with Crippen molar-refractivity contribution in [2.24, 2.45) is 0 Å². The van der Waals surface area contributed by atoms with E-state index in [1.165, 1.54) is 0 Å². The molecule has 1 N–H and O–H groups in total. The van der Waals surface area contributed by atoms with Crippen molar-refractivity contribution >= 4 is 17.5 Å². The number of rotatable bonds is 5. The van der Waals surface area contributed by atoms with E-state index >= 15 is 0 Å². The van der Waals surface area contributed by atoms with Crippen LogP contribution in [0.4, 0.5) is 0 Å². The highest BCUT2D eigenvalue weighted by atomic mass is 35.5. The van der Waals surface area contributed by atoms with Crippen molar-refractivity contribution in [1.82, 2.24) is 10.2 Å². The van der Waals surface area contributed by atoms with Crippen LogP contribution in [0.15, 0.2) is 24.3 Å². The lowest BCUT2D eigenvalue weighted by Gasteiger charge is -2.26. The van der Waals surface area contributed by atoms with Gasteiger partial charge in [0.25, 0.3) is 0 Å². The second kappa shape index (κ2) is 7.09. The molecule has 1 aliphatic rings. The molecule has 1 heterocycles. The fourth-order valence-corrected chi connectivity index (χ4v) is 3.01. The highest BCUT2D eigenvalue weighted by molar-refractivity contribution is 6.31. The first-order valence-corrected chi connectivity index (χ1v) is 7.74. The minimum absolute atomic E-state index is 0.148. The Morgan fingerprint density at radius 1 is 1.45 bits per heavy atom. The number of likely N-dealkylation sites (tertiary alicyclic amines) is 1. The lowest BCUT2D eigenvalue weighted by Crippen LogP contribution is -2.34. The number of nitrogens with zero attached hydrogens (tertiary/aromatic N) is 1. The fourth-order valence-electron chi connectivity index (χ4n) is 2.75. The second-order valence-electron chi connectivity index (χ2n) is 5.63. The van der Waals surface area contributed by atoms with Gasteiger partial charge in [0.15, 0.2) is 0 Å². The molecule has 20 heavy (non-hydrogen) atoms. The second-order valence-corrected chi connectivity index (χ2v) is 6.03. The molecule has 1 aromatic carbocycles. The van der Waals surface area contributed by atoms with E-state index in [-0.39, 0.29) is 11.9 Å². The molecule has 1 atom stereocenters. The standard InChI is InChI=1S/C16H23ClN2O/c1-12(2)18-10-9-16(20)19-11-5-8-15(19)13-6-3-4-7-14(13)17/h3-4,6-7,12,15,18H,5,8-11H2,1-2H3. The van der Waals surface area contributed by atoms with E-state index in [4.69, 9.17) is 11.6 Å². The molecule has 0 aliphatic carbocycles. The van der Waals surface area contributed by atoms with Gasteiger partial charge in [0, 0.05) is 30.6 Å². The van der Waals surface area contributed by atoms with E-state index in [1.54, 1.807) is 0 Å². The molecule has 0 radical (unpaired) electrons. The highest BCUT2D eigenvalue weighted by Crippen LogP contribution is 2.35. The molecule has 3 nitrogen and oxygen atoms in total. The minimum Gasteiger partial charge on any atom is -0.336 e. The average Bonchev–Trinajstić information content (AvgIpc) is 2.87. The van der Waals surface area contributed by atoms with Crippen molar-refractivity contribution in [3.05, 3.63) is 34.9 Å². The summed E-state index contributed by atoms with van der Waals surface area (Å²) in [6.07, 6.45) is 2.62. The first kappa shape index (κ1) is 15.3. The van der Waals surface area contributed by atoms with Gasteiger partial charge in [0.1, 0.15) is 0 Å². The normalized spacial score (nSPS) is 18.8. The maximum absolute atomic E-state index is 12.4. The predicted octanol–water partition coefficient (Wildman–Crippen LogP) is 3.39. The van der Waals surface area contributed by atoms with Gasteiger partial charge < -0.3 is 10.2 Å². The van der Waals surface area contributed by atoms with Crippen molar-refractivity contribution in [3.63, 3.8) is 0 Å². The number of carbonyl (C=O) groups is 1. The summed E-state index contributed by atoms with van der Waals surface area (Å²) < 4.78 is 0. The summed E-state index contributed by atoms with van der Waals surface area (Å²) in [5.41, 5.74) is 1.08. The molecule has 0 bridgehead atoms. The van der Waals surface area contributed by atoms with Crippen LogP contribution < -0.4 is 5.32 Å². The zero-order chi connectivity index (χ0) is 14.5. The summed E-state index contributed by atoms with van der Waals surface area (Å²) >= 11 is 6.27. The summed E-state index contributed by atoms with van der Waals surface area (Å²) in [4.78, 5) is 14.4. The Bertz CT molecular complexity index is 462. The first-order valence-electron chi connectivity index (χ1n) is 7.37. The zero-order valence-electron chi connectivity index (χ0n) is 12.2. The summed E-state index contributed by atoms with van der Waals surface area (Å²) in [7, 11) is 0. The average molecular weight is 295 g/mol. The molecular formula is C16H23ClN2O.